The van der Waals surface area contributed by atoms with Gasteiger partial charge in [0.05, 0.1) is 11.3 Å². The summed E-state index contributed by atoms with van der Waals surface area (Å²) in [4.78, 5) is 37.4. The van der Waals surface area contributed by atoms with E-state index in [0.717, 1.165) is 44.9 Å². The Hall–Kier alpha value is -1.91. The summed E-state index contributed by atoms with van der Waals surface area (Å²) in [6.07, 6.45) is 12.4. The predicted molar refractivity (Wildman–Crippen MR) is 145 cm³/mol. The van der Waals surface area contributed by atoms with Gasteiger partial charge in [-0.25, -0.2) is 0 Å². The number of ketones is 1. The number of carbonyl (C=O) groups excluding carboxylic acids is 2. The molecular formula is C32H48O5. The summed E-state index contributed by atoms with van der Waals surface area (Å²) in [5, 5.41) is 10.3. The molecule has 0 bridgehead atoms. The molecule has 4 rings (SSSR count). The van der Waals surface area contributed by atoms with Crippen LogP contribution in [0.3, 0.4) is 0 Å². The summed E-state index contributed by atoms with van der Waals surface area (Å²) in [5.41, 5.74) is 2.03. The maximum absolute atomic E-state index is 13.2. The summed E-state index contributed by atoms with van der Waals surface area (Å²) in [6.45, 7) is 14.9. The van der Waals surface area contributed by atoms with Crippen molar-refractivity contribution in [1.29, 1.82) is 0 Å². The van der Waals surface area contributed by atoms with Gasteiger partial charge in [-0.15, -0.1) is 0 Å². The lowest BCUT2D eigenvalue weighted by molar-refractivity contribution is -0.163. The number of aliphatic carboxylic acids is 1. The molecule has 0 saturated heterocycles. The zero-order valence-electron chi connectivity index (χ0n) is 24.1. The molecule has 0 radical (unpaired) electrons. The molecule has 0 heterocycles. The highest BCUT2D eigenvalue weighted by atomic mass is 16.5. The minimum atomic E-state index is -0.653. The number of hydrogen-bond acceptors (Lipinski definition) is 4. The van der Waals surface area contributed by atoms with E-state index in [-0.39, 0.29) is 52.4 Å². The molecule has 3 saturated carbocycles. The lowest BCUT2D eigenvalue weighted by atomic mass is 9.41. The van der Waals surface area contributed by atoms with E-state index in [4.69, 9.17) is 4.74 Å². The number of carboxylic acids is 1. The van der Waals surface area contributed by atoms with Crippen LogP contribution in [0, 0.1) is 45.3 Å². The van der Waals surface area contributed by atoms with Crippen LogP contribution in [0.4, 0.5) is 0 Å². The minimum Gasteiger partial charge on any atom is -0.481 e. The molecule has 206 valence electrons. The summed E-state index contributed by atoms with van der Waals surface area (Å²) in [7, 11) is 0. The van der Waals surface area contributed by atoms with Crippen LogP contribution in [-0.4, -0.2) is 29.4 Å². The predicted octanol–water partition coefficient (Wildman–Crippen LogP) is 7.15. The number of esters is 1. The molecule has 3 fully saturated rings. The van der Waals surface area contributed by atoms with Gasteiger partial charge in [0.25, 0.3) is 0 Å². The fourth-order valence-electron chi connectivity index (χ4n) is 9.51. The van der Waals surface area contributed by atoms with Gasteiger partial charge in [-0.05, 0) is 106 Å². The highest BCUT2D eigenvalue weighted by molar-refractivity contribution is 5.86. The molecule has 0 spiro atoms. The van der Waals surface area contributed by atoms with E-state index in [1.165, 1.54) is 18.1 Å². The topological polar surface area (TPSA) is 80.7 Å². The second kappa shape index (κ2) is 9.68. The Balaban J connectivity index is 1.67. The van der Waals surface area contributed by atoms with E-state index in [2.05, 4.69) is 46.8 Å². The zero-order valence-corrected chi connectivity index (χ0v) is 24.1. The first-order valence-corrected chi connectivity index (χ1v) is 14.4. The number of allylic oxidation sites excluding steroid dienone is 4. The number of carboxylic acid groups (broad SMARTS) is 1. The number of ether oxygens (including phenoxy) is 1. The van der Waals surface area contributed by atoms with Crippen molar-refractivity contribution in [1.82, 2.24) is 0 Å². The van der Waals surface area contributed by atoms with Crippen LogP contribution in [0.1, 0.15) is 106 Å². The fraction of sp³-hybridized carbons (Fsp3) is 0.781. The Morgan fingerprint density at radius 3 is 2.43 bits per heavy atom. The van der Waals surface area contributed by atoms with Crippen LogP contribution >= 0.6 is 0 Å². The second-order valence-corrected chi connectivity index (χ2v) is 13.9. The number of rotatable bonds is 7. The Morgan fingerprint density at radius 1 is 1.11 bits per heavy atom. The Morgan fingerprint density at radius 2 is 1.81 bits per heavy atom. The Bertz CT molecular complexity index is 1020. The molecule has 5 nitrogen and oxygen atoms in total. The first kappa shape index (κ1) is 28.1. The molecule has 1 N–H and O–H groups in total. The number of Topliss-reactive ketones (excluding diaryl/α,β-unsaturated/α-hetero) is 1. The van der Waals surface area contributed by atoms with E-state index in [9.17, 15) is 19.5 Å². The van der Waals surface area contributed by atoms with Crippen molar-refractivity contribution in [2.75, 3.05) is 6.61 Å². The van der Waals surface area contributed by atoms with Crippen molar-refractivity contribution in [3.8, 4) is 0 Å². The molecule has 37 heavy (non-hydrogen) atoms. The number of hydrogen-bond donors (Lipinski definition) is 1. The monoisotopic (exact) mass is 512 g/mol. The molecule has 0 amide bonds. The average Bonchev–Trinajstić information content (AvgIpc) is 3.09. The normalized spacial score (nSPS) is 41.5. The van der Waals surface area contributed by atoms with Crippen LogP contribution in [0.2, 0.25) is 0 Å². The van der Waals surface area contributed by atoms with Gasteiger partial charge in [-0.1, -0.05) is 44.1 Å². The molecule has 0 aliphatic heterocycles. The quantitative estimate of drug-likeness (QED) is 0.289. The van der Waals surface area contributed by atoms with E-state index in [0.29, 0.717) is 18.8 Å². The van der Waals surface area contributed by atoms with Gasteiger partial charge in [0.2, 0.25) is 0 Å². The third-order valence-electron chi connectivity index (χ3n) is 11.9. The Kier molecular flexibility index (Phi) is 7.36. The maximum atomic E-state index is 13.2. The van der Waals surface area contributed by atoms with Gasteiger partial charge in [-0.3, -0.25) is 14.4 Å². The van der Waals surface area contributed by atoms with Crippen molar-refractivity contribution in [2.24, 2.45) is 45.3 Å². The maximum Gasteiger partial charge on any atom is 0.306 e. The standard InChI is InChI=1S/C32H48O5/c1-20(2)9-8-10-22(28(35)36)23-13-17-32(7)25-11-12-26-29(4,24(25)14-18-31(23,32)6)16-15-27(34)30(26,5)19-37-21(3)33/h9,11,22-24,26H,8,10,12-19H2,1-7H3,(H,35,36)/t22-,23-,24-,26+,29+,30+,31-,32+/m0/s1. The van der Waals surface area contributed by atoms with E-state index in [1.807, 2.05) is 6.92 Å². The van der Waals surface area contributed by atoms with Crippen molar-refractivity contribution in [2.45, 2.75) is 106 Å². The van der Waals surface area contributed by atoms with Crippen molar-refractivity contribution in [3.05, 3.63) is 23.3 Å². The van der Waals surface area contributed by atoms with Crippen molar-refractivity contribution < 1.29 is 24.2 Å². The largest absolute Gasteiger partial charge is 0.481 e. The van der Waals surface area contributed by atoms with Gasteiger partial charge >= 0.3 is 11.9 Å². The summed E-state index contributed by atoms with van der Waals surface area (Å²) in [5.74, 6) is -0.347. The van der Waals surface area contributed by atoms with Crippen LogP contribution in [-0.2, 0) is 19.1 Å². The van der Waals surface area contributed by atoms with Gasteiger partial charge in [0, 0.05) is 13.3 Å². The third-order valence-corrected chi connectivity index (χ3v) is 11.9. The summed E-state index contributed by atoms with van der Waals surface area (Å²) >= 11 is 0. The lowest BCUT2D eigenvalue weighted by Gasteiger charge is -2.63. The molecular weight excluding hydrogens is 464 g/mol. The van der Waals surface area contributed by atoms with Crippen LogP contribution in [0.25, 0.3) is 0 Å². The third kappa shape index (κ3) is 4.33. The van der Waals surface area contributed by atoms with Gasteiger partial charge < -0.3 is 9.84 Å². The van der Waals surface area contributed by atoms with Gasteiger partial charge in [0.1, 0.15) is 12.4 Å². The molecule has 5 heteroatoms. The highest BCUT2D eigenvalue weighted by Crippen LogP contribution is 2.73. The molecule has 4 aliphatic carbocycles. The first-order valence-electron chi connectivity index (χ1n) is 14.4. The van der Waals surface area contributed by atoms with E-state index in [1.54, 1.807) is 0 Å². The highest BCUT2D eigenvalue weighted by Gasteiger charge is 2.66. The molecule has 4 aliphatic rings. The SMILES string of the molecule is CC(=O)OC[C@@]1(C)C(=O)CC[C@@]2(C)[C@H]1CC=C1[C@@H]2CC[C@@]2(C)[C@H]([C@H](CCC=C(C)C)C(=O)O)CC[C@]12C. The number of carbonyl (C=O) groups is 3. The van der Waals surface area contributed by atoms with Crippen molar-refractivity contribution in [3.63, 3.8) is 0 Å². The second-order valence-electron chi connectivity index (χ2n) is 13.9. The van der Waals surface area contributed by atoms with Crippen LogP contribution < -0.4 is 0 Å². The lowest BCUT2D eigenvalue weighted by Crippen LogP contribution is -2.59. The zero-order chi connectivity index (χ0) is 27.4. The summed E-state index contributed by atoms with van der Waals surface area (Å²) in [6, 6.07) is 0. The molecule has 0 aromatic heterocycles. The van der Waals surface area contributed by atoms with Gasteiger partial charge in [0.15, 0.2) is 0 Å². The first-order chi connectivity index (χ1) is 17.2. The summed E-state index contributed by atoms with van der Waals surface area (Å²) < 4.78 is 5.46. The van der Waals surface area contributed by atoms with Crippen LogP contribution in [0.5, 0.6) is 0 Å². The smallest absolute Gasteiger partial charge is 0.306 e. The fourth-order valence-corrected chi connectivity index (χ4v) is 9.51. The van der Waals surface area contributed by atoms with Gasteiger partial charge in [-0.2, -0.15) is 0 Å². The Labute approximate surface area is 223 Å². The minimum absolute atomic E-state index is 0.0213. The van der Waals surface area contributed by atoms with Crippen LogP contribution in [0.15, 0.2) is 23.3 Å². The number of fused-ring (bicyclic) bond motifs is 5. The van der Waals surface area contributed by atoms with E-state index < -0.39 is 11.4 Å². The van der Waals surface area contributed by atoms with Crippen molar-refractivity contribution >= 4 is 17.7 Å². The average molecular weight is 513 g/mol. The van der Waals surface area contributed by atoms with E-state index >= 15 is 0 Å². The molecule has 8 atom stereocenters. The molecule has 0 unspecified atom stereocenters. The molecule has 0 aromatic rings. The molecule has 0 aromatic carbocycles.